The van der Waals surface area contributed by atoms with Crippen molar-refractivity contribution in [1.82, 2.24) is 19.4 Å². The number of aryl methyl sites for hydroxylation is 1. The summed E-state index contributed by atoms with van der Waals surface area (Å²) in [6.07, 6.45) is 0. The minimum Gasteiger partial charge on any atom is -0.338 e. The molecule has 0 bridgehead atoms. The summed E-state index contributed by atoms with van der Waals surface area (Å²) in [6.45, 7) is 5.67. The molecule has 2 aromatic carbocycles. The summed E-state index contributed by atoms with van der Waals surface area (Å²) < 4.78 is 35.3. The average molecular weight is 445 g/mol. The fourth-order valence-corrected chi connectivity index (χ4v) is 5.19. The first-order chi connectivity index (χ1) is 14.2. The van der Waals surface area contributed by atoms with E-state index in [0.29, 0.717) is 10.5 Å². The monoisotopic (exact) mass is 444 g/mol. The van der Waals surface area contributed by atoms with Gasteiger partial charge in [0.15, 0.2) is 0 Å². The van der Waals surface area contributed by atoms with E-state index in [2.05, 4.69) is 14.9 Å². The quantitative estimate of drug-likeness (QED) is 0.488. The Morgan fingerprint density at radius 2 is 1.90 bits per heavy atom. The number of nitrogens with one attached hydrogen (secondary N) is 1. The first kappa shape index (κ1) is 20.5. The molecule has 0 unspecified atom stereocenters. The summed E-state index contributed by atoms with van der Waals surface area (Å²) >= 11 is 1.03. The maximum Gasteiger partial charge on any atom is 0.308 e. The molecule has 0 aliphatic rings. The molecule has 10 heteroatoms. The number of fused-ring (bicyclic) bond motifs is 1. The maximum absolute atomic E-state index is 12.7. The van der Waals surface area contributed by atoms with Crippen LogP contribution in [0.15, 0.2) is 56.7 Å². The molecule has 0 aliphatic heterocycles. The fourth-order valence-electron chi connectivity index (χ4n) is 3.06. The van der Waals surface area contributed by atoms with Crippen molar-refractivity contribution in [3.05, 3.63) is 63.6 Å². The van der Waals surface area contributed by atoms with Gasteiger partial charge in [0.2, 0.25) is 21.7 Å². The highest BCUT2D eigenvalue weighted by Crippen LogP contribution is 2.24. The Bertz CT molecular complexity index is 1370. The van der Waals surface area contributed by atoms with E-state index in [1.165, 1.54) is 12.1 Å². The van der Waals surface area contributed by atoms with Gasteiger partial charge in [-0.3, -0.25) is 9.36 Å². The zero-order valence-corrected chi connectivity index (χ0v) is 18.3. The molecule has 30 heavy (non-hydrogen) atoms. The van der Waals surface area contributed by atoms with Gasteiger partial charge in [-0.15, -0.1) is 0 Å². The summed E-state index contributed by atoms with van der Waals surface area (Å²) in [5, 5.41) is 3.90. The van der Waals surface area contributed by atoms with Gasteiger partial charge in [-0.25, -0.2) is 13.1 Å². The lowest BCUT2D eigenvalue weighted by Gasteiger charge is -2.08. The highest BCUT2D eigenvalue weighted by Gasteiger charge is 2.19. The van der Waals surface area contributed by atoms with E-state index in [1.54, 1.807) is 10.6 Å². The zero-order valence-electron chi connectivity index (χ0n) is 16.6. The van der Waals surface area contributed by atoms with E-state index in [9.17, 15) is 13.2 Å². The van der Waals surface area contributed by atoms with Crippen LogP contribution in [0.3, 0.4) is 0 Å². The number of aromatic nitrogens is 3. The van der Waals surface area contributed by atoms with Crippen LogP contribution in [0.5, 0.6) is 0 Å². The number of rotatable bonds is 6. The van der Waals surface area contributed by atoms with Crippen molar-refractivity contribution in [2.45, 2.75) is 38.3 Å². The van der Waals surface area contributed by atoms with Crippen molar-refractivity contribution < 1.29 is 12.9 Å². The number of sulfonamides is 1. The van der Waals surface area contributed by atoms with Crippen LogP contribution in [0.2, 0.25) is 0 Å². The lowest BCUT2D eigenvalue weighted by Crippen LogP contribution is -2.23. The predicted octanol–water partition coefficient (Wildman–Crippen LogP) is 3.48. The Hall–Kier alpha value is -2.82. The van der Waals surface area contributed by atoms with E-state index in [4.69, 9.17) is 4.52 Å². The van der Waals surface area contributed by atoms with Crippen LogP contribution < -0.4 is 9.60 Å². The lowest BCUT2D eigenvalue weighted by atomic mass is 10.1. The third-order valence-electron chi connectivity index (χ3n) is 4.60. The molecule has 2 aromatic heterocycles. The van der Waals surface area contributed by atoms with Crippen LogP contribution in [0.25, 0.3) is 21.6 Å². The van der Waals surface area contributed by atoms with E-state index >= 15 is 0 Å². The molecule has 0 amide bonds. The van der Waals surface area contributed by atoms with Crippen LogP contribution in [-0.2, 0) is 16.6 Å². The molecule has 0 saturated carbocycles. The Balaban J connectivity index is 1.54. The molecule has 4 aromatic rings. The predicted molar refractivity (Wildman–Crippen MR) is 115 cm³/mol. The van der Waals surface area contributed by atoms with Crippen LogP contribution in [0.1, 0.15) is 31.3 Å². The average Bonchev–Trinajstić information content (AvgIpc) is 3.30. The molecular formula is C20H20N4O4S2. The first-order valence-electron chi connectivity index (χ1n) is 9.29. The molecule has 0 spiro atoms. The van der Waals surface area contributed by atoms with Gasteiger partial charge in [-0.1, -0.05) is 46.3 Å². The standard InChI is InChI=1S/C20H20N4O4S2/c1-12(2)24-16-9-8-15(10-17(16)29-20(24)25)30(26,27)21-11-18-22-19(23-28-18)14-6-4-13(3)5-7-14/h4-10,12,21H,11H2,1-3H3. The fraction of sp³-hybridized carbons (Fsp3) is 0.250. The summed E-state index contributed by atoms with van der Waals surface area (Å²) in [5.41, 5.74) is 2.62. The van der Waals surface area contributed by atoms with Gasteiger partial charge < -0.3 is 4.52 Å². The van der Waals surface area contributed by atoms with Gasteiger partial charge >= 0.3 is 4.87 Å². The molecular weight excluding hydrogens is 424 g/mol. The summed E-state index contributed by atoms with van der Waals surface area (Å²) in [5.74, 6) is 0.552. The van der Waals surface area contributed by atoms with Crippen LogP contribution in [-0.4, -0.2) is 23.1 Å². The minimum absolute atomic E-state index is 0.00733. The van der Waals surface area contributed by atoms with E-state index < -0.39 is 10.0 Å². The van der Waals surface area contributed by atoms with Crippen molar-refractivity contribution in [1.29, 1.82) is 0 Å². The Labute approximate surface area is 177 Å². The van der Waals surface area contributed by atoms with Gasteiger partial charge in [0.25, 0.3) is 0 Å². The normalized spacial score (nSPS) is 12.1. The smallest absolute Gasteiger partial charge is 0.308 e. The van der Waals surface area contributed by atoms with Gasteiger partial charge in [0, 0.05) is 11.6 Å². The number of hydrogen-bond acceptors (Lipinski definition) is 7. The van der Waals surface area contributed by atoms with E-state index in [-0.39, 0.29) is 28.2 Å². The second kappa shape index (κ2) is 7.78. The van der Waals surface area contributed by atoms with Crippen LogP contribution in [0.4, 0.5) is 0 Å². The van der Waals surface area contributed by atoms with E-state index in [1.807, 2.05) is 45.0 Å². The van der Waals surface area contributed by atoms with Crippen LogP contribution >= 0.6 is 11.3 Å². The topological polar surface area (TPSA) is 107 Å². The van der Waals surface area contributed by atoms with Crippen molar-refractivity contribution in [3.63, 3.8) is 0 Å². The third kappa shape index (κ3) is 3.93. The molecule has 156 valence electrons. The number of nitrogens with zero attached hydrogens (tertiary/aromatic N) is 3. The van der Waals surface area contributed by atoms with Crippen molar-refractivity contribution in [2.24, 2.45) is 0 Å². The van der Waals surface area contributed by atoms with Crippen molar-refractivity contribution >= 4 is 31.6 Å². The zero-order chi connectivity index (χ0) is 21.5. The lowest BCUT2D eigenvalue weighted by molar-refractivity contribution is 0.376. The van der Waals surface area contributed by atoms with Crippen molar-refractivity contribution in [2.75, 3.05) is 0 Å². The first-order valence-corrected chi connectivity index (χ1v) is 11.6. The molecule has 0 radical (unpaired) electrons. The molecule has 1 N–H and O–H groups in total. The van der Waals surface area contributed by atoms with E-state index in [0.717, 1.165) is 28.0 Å². The molecule has 0 aliphatic carbocycles. The second-order valence-corrected chi connectivity index (χ2v) is 9.92. The number of hydrogen-bond donors (Lipinski definition) is 1. The van der Waals surface area contributed by atoms with Gasteiger partial charge in [0.1, 0.15) is 0 Å². The SMILES string of the molecule is Cc1ccc(-c2noc(CNS(=O)(=O)c3ccc4c(c3)sc(=O)n4C(C)C)n2)cc1. The Kier molecular flexibility index (Phi) is 5.31. The highest BCUT2D eigenvalue weighted by molar-refractivity contribution is 7.89. The number of benzene rings is 2. The van der Waals surface area contributed by atoms with Gasteiger partial charge in [-0.2, -0.15) is 4.98 Å². The molecule has 0 fully saturated rings. The molecule has 0 atom stereocenters. The number of thiazole rings is 1. The molecule has 2 heterocycles. The van der Waals surface area contributed by atoms with Gasteiger partial charge in [-0.05, 0) is 39.0 Å². The van der Waals surface area contributed by atoms with Gasteiger partial charge in [0.05, 0.1) is 21.7 Å². The highest BCUT2D eigenvalue weighted by atomic mass is 32.2. The summed E-state index contributed by atoms with van der Waals surface area (Å²) in [7, 11) is -3.82. The minimum atomic E-state index is -3.82. The summed E-state index contributed by atoms with van der Waals surface area (Å²) in [4.78, 5) is 16.4. The maximum atomic E-state index is 12.7. The molecule has 8 nitrogen and oxygen atoms in total. The Morgan fingerprint density at radius 3 is 2.60 bits per heavy atom. The molecule has 4 rings (SSSR count). The second-order valence-electron chi connectivity index (χ2n) is 7.16. The molecule has 0 saturated heterocycles. The van der Waals surface area contributed by atoms with Crippen molar-refractivity contribution in [3.8, 4) is 11.4 Å². The third-order valence-corrected chi connectivity index (χ3v) is 6.92. The largest absolute Gasteiger partial charge is 0.338 e. The summed E-state index contributed by atoms with van der Waals surface area (Å²) in [6, 6.07) is 12.3. The Morgan fingerprint density at radius 1 is 1.17 bits per heavy atom. The van der Waals surface area contributed by atoms with Crippen LogP contribution in [0, 0.1) is 6.92 Å².